The number of sulfonamides is 1. The highest BCUT2D eigenvalue weighted by molar-refractivity contribution is 7.92. The Balaban J connectivity index is 1.75. The molecule has 3 rings (SSSR count). The van der Waals surface area contributed by atoms with E-state index in [1.165, 1.54) is 31.2 Å². The number of halogens is 2. The van der Waals surface area contributed by atoms with Crippen LogP contribution < -0.4 is 9.21 Å². The predicted molar refractivity (Wildman–Crippen MR) is 113 cm³/mol. The number of rotatable bonds is 5. The Morgan fingerprint density at radius 3 is 2.34 bits per heavy atom. The van der Waals surface area contributed by atoms with E-state index >= 15 is 0 Å². The highest BCUT2D eigenvalue weighted by atomic mass is 35.5. The maximum absolute atomic E-state index is 14.3. The molecule has 1 unspecified atom stereocenters. The quantitative estimate of drug-likeness (QED) is 0.718. The van der Waals surface area contributed by atoms with Crippen LogP contribution in [0.5, 0.6) is 0 Å². The summed E-state index contributed by atoms with van der Waals surface area (Å²) in [4.78, 5) is 16.8. The summed E-state index contributed by atoms with van der Waals surface area (Å²) in [6.07, 6.45) is 0.973. The normalized spacial score (nSPS) is 15.9. The van der Waals surface area contributed by atoms with Gasteiger partial charge in [-0.1, -0.05) is 29.8 Å². The van der Waals surface area contributed by atoms with Crippen LogP contribution in [0.25, 0.3) is 0 Å². The van der Waals surface area contributed by atoms with Gasteiger partial charge in [-0.05, 0) is 37.3 Å². The van der Waals surface area contributed by atoms with Gasteiger partial charge in [0.1, 0.15) is 11.9 Å². The van der Waals surface area contributed by atoms with Crippen LogP contribution in [0.4, 0.5) is 15.8 Å². The van der Waals surface area contributed by atoms with Gasteiger partial charge in [0.05, 0.1) is 11.9 Å². The molecule has 156 valence electrons. The molecule has 1 aliphatic heterocycles. The number of benzene rings is 2. The van der Waals surface area contributed by atoms with Crippen molar-refractivity contribution in [3.8, 4) is 0 Å². The van der Waals surface area contributed by atoms with Crippen molar-refractivity contribution in [1.29, 1.82) is 0 Å². The largest absolute Gasteiger partial charge is 0.368 e. The Labute approximate surface area is 175 Å². The summed E-state index contributed by atoms with van der Waals surface area (Å²) in [7, 11) is -3.86. The standard InChI is InChI=1S/C20H23ClFN3O3S/c1-15(25(29(2,27)28)19-9-4-3-8-18(19)22)20(26)24-12-10-23(11-13-24)17-7-5-6-16(21)14-17/h3-9,14-15H,10-13H2,1-2H3. The van der Waals surface area contributed by atoms with E-state index in [4.69, 9.17) is 11.6 Å². The first-order valence-electron chi connectivity index (χ1n) is 9.21. The molecule has 0 bridgehead atoms. The Hall–Kier alpha value is -2.32. The fourth-order valence-corrected chi connectivity index (χ4v) is 4.88. The fraction of sp³-hybridized carbons (Fsp3) is 0.350. The molecule has 0 spiro atoms. The second-order valence-corrected chi connectivity index (χ2v) is 9.27. The van der Waals surface area contributed by atoms with Crippen LogP contribution in [-0.4, -0.2) is 57.7 Å². The third kappa shape index (κ3) is 4.82. The first kappa shape index (κ1) is 21.4. The van der Waals surface area contributed by atoms with E-state index < -0.39 is 21.9 Å². The number of para-hydroxylation sites is 1. The van der Waals surface area contributed by atoms with Gasteiger partial charge in [0, 0.05) is 36.9 Å². The zero-order valence-corrected chi connectivity index (χ0v) is 17.8. The van der Waals surface area contributed by atoms with Gasteiger partial charge in [-0.3, -0.25) is 9.10 Å². The lowest BCUT2D eigenvalue weighted by Gasteiger charge is -2.39. The Bertz CT molecular complexity index is 994. The number of nitrogens with zero attached hydrogens (tertiary/aromatic N) is 3. The molecule has 0 radical (unpaired) electrons. The molecule has 0 N–H and O–H groups in total. The second-order valence-electron chi connectivity index (χ2n) is 6.98. The minimum absolute atomic E-state index is 0.131. The van der Waals surface area contributed by atoms with E-state index in [9.17, 15) is 17.6 Å². The van der Waals surface area contributed by atoms with E-state index in [0.717, 1.165) is 16.2 Å². The Morgan fingerprint density at radius 1 is 1.10 bits per heavy atom. The summed E-state index contributed by atoms with van der Waals surface area (Å²) >= 11 is 6.05. The van der Waals surface area contributed by atoms with E-state index in [0.29, 0.717) is 31.2 Å². The zero-order valence-electron chi connectivity index (χ0n) is 16.3. The summed E-state index contributed by atoms with van der Waals surface area (Å²) < 4.78 is 39.8. The van der Waals surface area contributed by atoms with E-state index in [-0.39, 0.29) is 11.6 Å². The molecule has 1 atom stereocenters. The van der Waals surface area contributed by atoms with Crippen molar-refractivity contribution >= 4 is 38.9 Å². The molecule has 9 heteroatoms. The first-order valence-corrected chi connectivity index (χ1v) is 11.4. The highest BCUT2D eigenvalue weighted by Crippen LogP contribution is 2.26. The number of carbonyl (C=O) groups excluding carboxylic acids is 1. The number of hydrogen-bond donors (Lipinski definition) is 0. The van der Waals surface area contributed by atoms with Crippen LogP contribution in [0, 0.1) is 5.82 Å². The second kappa shape index (κ2) is 8.59. The minimum Gasteiger partial charge on any atom is -0.368 e. The first-order chi connectivity index (χ1) is 13.7. The molecule has 2 aromatic rings. The van der Waals surface area contributed by atoms with Crippen molar-refractivity contribution < 1.29 is 17.6 Å². The monoisotopic (exact) mass is 439 g/mol. The van der Waals surface area contributed by atoms with E-state index in [2.05, 4.69) is 4.90 Å². The van der Waals surface area contributed by atoms with Gasteiger partial charge >= 0.3 is 0 Å². The van der Waals surface area contributed by atoms with E-state index in [1.807, 2.05) is 18.2 Å². The molecule has 29 heavy (non-hydrogen) atoms. The summed E-state index contributed by atoms with van der Waals surface area (Å²) in [5, 5.41) is 0.642. The van der Waals surface area contributed by atoms with Crippen LogP contribution in [0.15, 0.2) is 48.5 Å². The topological polar surface area (TPSA) is 60.9 Å². The number of piperazine rings is 1. The SMILES string of the molecule is CC(C(=O)N1CCN(c2cccc(Cl)c2)CC1)N(c1ccccc1F)S(C)(=O)=O. The van der Waals surface area contributed by atoms with Crippen LogP contribution in [0.1, 0.15) is 6.92 Å². The van der Waals surface area contributed by atoms with Crippen molar-refractivity contribution in [2.24, 2.45) is 0 Å². The molecular weight excluding hydrogens is 417 g/mol. The van der Waals surface area contributed by atoms with Crippen LogP contribution in [0.3, 0.4) is 0 Å². The Kier molecular flexibility index (Phi) is 6.33. The lowest BCUT2D eigenvalue weighted by atomic mass is 10.2. The molecule has 0 aromatic heterocycles. The lowest BCUT2D eigenvalue weighted by Crippen LogP contribution is -2.55. The molecule has 6 nitrogen and oxygen atoms in total. The van der Waals surface area contributed by atoms with Gasteiger partial charge in [-0.2, -0.15) is 0 Å². The van der Waals surface area contributed by atoms with E-state index in [1.54, 1.807) is 11.0 Å². The molecule has 1 amide bonds. The predicted octanol–water partition coefficient (Wildman–Crippen LogP) is 2.98. The molecular formula is C20H23ClFN3O3S. The maximum atomic E-state index is 14.3. The van der Waals surface area contributed by atoms with Crippen LogP contribution in [0.2, 0.25) is 5.02 Å². The summed E-state index contributed by atoms with van der Waals surface area (Å²) in [5.41, 5.74) is 0.843. The van der Waals surface area contributed by atoms with Crippen molar-refractivity contribution in [1.82, 2.24) is 4.90 Å². The molecule has 1 aliphatic rings. The average Bonchev–Trinajstić information content (AvgIpc) is 2.68. The molecule has 1 heterocycles. The number of carbonyl (C=O) groups is 1. The van der Waals surface area contributed by atoms with Crippen molar-refractivity contribution in [2.75, 3.05) is 41.6 Å². The van der Waals surface area contributed by atoms with Gasteiger partial charge in [0.15, 0.2) is 0 Å². The molecule has 1 saturated heterocycles. The average molecular weight is 440 g/mol. The fourth-order valence-electron chi connectivity index (χ4n) is 3.53. The van der Waals surface area contributed by atoms with Gasteiger partial charge in [-0.15, -0.1) is 0 Å². The van der Waals surface area contributed by atoms with Gasteiger partial charge < -0.3 is 9.80 Å². The van der Waals surface area contributed by atoms with Crippen LogP contribution >= 0.6 is 11.6 Å². The van der Waals surface area contributed by atoms with Crippen molar-refractivity contribution in [3.63, 3.8) is 0 Å². The molecule has 0 saturated carbocycles. The van der Waals surface area contributed by atoms with Crippen molar-refractivity contribution in [3.05, 3.63) is 59.4 Å². The smallest absolute Gasteiger partial charge is 0.246 e. The number of anilines is 2. The van der Waals surface area contributed by atoms with Crippen molar-refractivity contribution in [2.45, 2.75) is 13.0 Å². The van der Waals surface area contributed by atoms with Crippen LogP contribution in [-0.2, 0) is 14.8 Å². The molecule has 2 aromatic carbocycles. The molecule has 1 fully saturated rings. The highest BCUT2D eigenvalue weighted by Gasteiger charge is 2.34. The maximum Gasteiger partial charge on any atom is 0.246 e. The van der Waals surface area contributed by atoms with Gasteiger partial charge in [-0.25, -0.2) is 12.8 Å². The Morgan fingerprint density at radius 2 is 1.76 bits per heavy atom. The van der Waals surface area contributed by atoms with Gasteiger partial charge in [0.2, 0.25) is 15.9 Å². The summed E-state index contributed by atoms with van der Waals surface area (Å²) in [6, 6.07) is 12.0. The summed E-state index contributed by atoms with van der Waals surface area (Å²) in [6.45, 7) is 3.54. The van der Waals surface area contributed by atoms with Gasteiger partial charge in [0.25, 0.3) is 0 Å². The third-order valence-electron chi connectivity index (χ3n) is 4.92. The molecule has 0 aliphatic carbocycles. The summed E-state index contributed by atoms with van der Waals surface area (Å²) in [5.74, 6) is -1.05. The lowest BCUT2D eigenvalue weighted by molar-refractivity contribution is -0.132. The third-order valence-corrected chi connectivity index (χ3v) is 6.38. The zero-order chi connectivity index (χ0) is 21.2. The minimum atomic E-state index is -3.86. The number of amides is 1. The number of hydrogen-bond acceptors (Lipinski definition) is 4.